The van der Waals surface area contributed by atoms with Gasteiger partial charge in [0.05, 0.1) is 6.20 Å². The van der Waals surface area contributed by atoms with Crippen molar-refractivity contribution in [3.05, 3.63) is 18.0 Å². The van der Waals surface area contributed by atoms with Crippen LogP contribution in [-0.4, -0.2) is 82.5 Å². The lowest BCUT2D eigenvalue weighted by atomic mass is 9.86. The summed E-state index contributed by atoms with van der Waals surface area (Å²) in [7, 11) is 4.01. The third-order valence-corrected chi connectivity index (χ3v) is 5.91. The Kier molecular flexibility index (Phi) is 5.42. The molecule has 1 unspecified atom stereocenters. The van der Waals surface area contributed by atoms with Gasteiger partial charge in [-0.25, -0.2) is 0 Å². The zero-order valence-electron chi connectivity index (χ0n) is 15.3. The van der Waals surface area contributed by atoms with E-state index < -0.39 is 0 Å². The average molecular weight is 347 g/mol. The number of hydrogen-bond donors (Lipinski definition) is 1. The molecule has 0 aromatic carbocycles. The van der Waals surface area contributed by atoms with Crippen LogP contribution in [0.25, 0.3) is 0 Å². The fraction of sp³-hybridized carbons (Fsp3) is 0.722. The van der Waals surface area contributed by atoms with Crippen LogP contribution in [-0.2, 0) is 16.0 Å². The minimum Gasteiger partial charge on any atom is -0.346 e. The Labute approximate surface area is 149 Å². The average Bonchev–Trinajstić information content (AvgIpc) is 3.08. The molecular weight excluding hydrogens is 318 g/mol. The van der Waals surface area contributed by atoms with Crippen LogP contribution >= 0.6 is 0 Å². The predicted octanol–water partition coefficient (Wildman–Crippen LogP) is 0.888. The SMILES string of the molecule is CN1CCC2(CCC1=O)CN(C(=O)CCCc1cn[nH]c1)CCN2C. The molecule has 25 heavy (non-hydrogen) atoms. The van der Waals surface area contributed by atoms with Crippen molar-refractivity contribution in [1.82, 2.24) is 24.9 Å². The first-order valence-corrected chi connectivity index (χ1v) is 9.21. The first kappa shape index (κ1) is 17.9. The fourth-order valence-corrected chi connectivity index (χ4v) is 3.99. The summed E-state index contributed by atoms with van der Waals surface area (Å²) in [5, 5.41) is 6.74. The molecule has 2 amide bonds. The highest BCUT2D eigenvalue weighted by Crippen LogP contribution is 2.32. The minimum absolute atomic E-state index is 0.0567. The van der Waals surface area contributed by atoms with E-state index in [0.717, 1.165) is 57.4 Å². The Morgan fingerprint density at radius 3 is 2.88 bits per heavy atom. The van der Waals surface area contributed by atoms with Crippen molar-refractivity contribution in [1.29, 1.82) is 0 Å². The minimum atomic E-state index is -0.0567. The summed E-state index contributed by atoms with van der Waals surface area (Å²) in [6, 6.07) is 0. The lowest BCUT2D eigenvalue weighted by Crippen LogP contribution is -2.62. The number of aromatic amines is 1. The third-order valence-electron chi connectivity index (χ3n) is 5.91. The molecule has 1 atom stereocenters. The molecule has 2 aliphatic rings. The van der Waals surface area contributed by atoms with E-state index in [9.17, 15) is 9.59 Å². The number of hydrogen-bond acceptors (Lipinski definition) is 4. The molecule has 1 aromatic heterocycles. The van der Waals surface area contributed by atoms with Gasteiger partial charge in [-0.15, -0.1) is 0 Å². The van der Waals surface area contributed by atoms with Crippen LogP contribution in [0, 0.1) is 0 Å². The van der Waals surface area contributed by atoms with Crippen LogP contribution < -0.4 is 0 Å². The van der Waals surface area contributed by atoms with E-state index in [1.807, 2.05) is 29.2 Å². The summed E-state index contributed by atoms with van der Waals surface area (Å²) >= 11 is 0. The van der Waals surface area contributed by atoms with Gasteiger partial charge in [0.15, 0.2) is 0 Å². The molecule has 1 aromatic rings. The van der Waals surface area contributed by atoms with Crippen LogP contribution in [0.2, 0.25) is 0 Å². The van der Waals surface area contributed by atoms with E-state index in [1.54, 1.807) is 0 Å². The number of likely N-dealkylation sites (N-methyl/N-ethyl adjacent to an activating group) is 1. The molecule has 7 heteroatoms. The molecule has 0 radical (unpaired) electrons. The Bertz CT molecular complexity index is 603. The summed E-state index contributed by atoms with van der Waals surface area (Å²) in [5.74, 6) is 0.453. The normalized spacial score (nSPS) is 25.4. The van der Waals surface area contributed by atoms with Gasteiger partial charge in [-0.1, -0.05) is 0 Å². The number of nitrogens with one attached hydrogen (secondary N) is 1. The Balaban J connectivity index is 1.57. The zero-order valence-corrected chi connectivity index (χ0v) is 15.3. The van der Waals surface area contributed by atoms with Crippen LogP contribution in [0.1, 0.15) is 37.7 Å². The molecule has 0 bridgehead atoms. The standard InChI is InChI=1S/C18H29N5O2/c1-21-9-8-18(7-6-16(21)24)14-23(11-10-22(18)2)17(25)5-3-4-15-12-19-20-13-15/h12-13H,3-11,14H2,1-2H3,(H,19,20). The number of likely N-dealkylation sites (tertiary alicyclic amines) is 1. The van der Waals surface area contributed by atoms with Crippen LogP contribution in [0.5, 0.6) is 0 Å². The van der Waals surface area contributed by atoms with E-state index >= 15 is 0 Å². The fourth-order valence-electron chi connectivity index (χ4n) is 3.99. The van der Waals surface area contributed by atoms with Gasteiger partial charge in [-0.05, 0) is 38.3 Å². The van der Waals surface area contributed by atoms with Gasteiger partial charge in [0, 0.05) is 57.8 Å². The number of H-pyrrole nitrogens is 1. The number of aryl methyl sites for hydroxylation is 1. The Hall–Kier alpha value is -1.89. The van der Waals surface area contributed by atoms with E-state index in [2.05, 4.69) is 22.1 Å². The number of piperazine rings is 1. The predicted molar refractivity (Wildman–Crippen MR) is 95.0 cm³/mol. The largest absolute Gasteiger partial charge is 0.346 e. The van der Waals surface area contributed by atoms with Crippen molar-refractivity contribution in [2.24, 2.45) is 0 Å². The van der Waals surface area contributed by atoms with Gasteiger partial charge in [0.1, 0.15) is 0 Å². The molecule has 2 fully saturated rings. The second-order valence-corrected chi connectivity index (χ2v) is 7.49. The molecule has 1 N–H and O–H groups in total. The maximum atomic E-state index is 12.7. The van der Waals surface area contributed by atoms with E-state index in [1.165, 1.54) is 0 Å². The molecule has 1 spiro atoms. The van der Waals surface area contributed by atoms with Gasteiger partial charge in [0.25, 0.3) is 0 Å². The molecular formula is C18H29N5O2. The molecule has 7 nitrogen and oxygen atoms in total. The zero-order chi connectivity index (χ0) is 17.9. The topological polar surface area (TPSA) is 72.5 Å². The highest BCUT2D eigenvalue weighted by atomic mass is 16.2. The van der Waals surface area contributed by atoms with Gasteiger partial charge in [-0.3, -0.25) is 19.6 Å². The summed E-state index contributed by atoms with van der Waals surface area (Å²) in [6.07, 6.45) is 8.34. The molecule has 0 aliphatic carbocycles. The monoisotopic (exact) mass is 347 g/mol. The molecule has 0 saturated carbocycles. The first-order valence-electron chi connectivity index (χ1n) is 9.21. The number of aromatic nitrogens is 2. The second-order valence-electron chi connectivity index (χ2n) is 7.49. The van der Waals surface area contributed by atoms with Crippen molar-refractivity contribution >= 4 is 11.8 Å². The van der Waals surface area contributed by atoms with E-state index in [4.69, 9.17) is 0 Å². The number of carbonyl (C=O) groups excluding carboxylic acids is 2. The maximum Gasteiger partial charge on any atom is 0.222 e. The third kappa shape index (κ3) is 4.03. The van der Waals surface area contributed by atoms with Gasteiger partial charge in [-0.2, -0.15) is 5.10 Å². The number of nitrogens with zero attached hydrogens (tertiary/aromatic N) is 4. The summed E-state index contributed by atoms with van der Waals surface area (Å²) < 4.78 is 0. The molecule has 138 valence electrons. The van der Waals surface area contributed by atoms with Gasteiger partial charge in [0.2, 0.25) is 11.8 Å². The van der Waals surface area contributed by atoms with Crippen molar-refractivity contribution in [3.8, 4) is 0 Å². The highest BCUT2D eigenvalue weighted by Gasteiger charge is 2.42. The lowest BCUT2D eigenvalue weighted by molar-refractivity contribution is -0.137. The van der Waals surface area contributed by atoms with Gasteiger partial charge < -0.3 is 9.80 Å². The van der Waals surface area contributed by atoms with Crippen LogP contribution in [0.4, 0.5) is 0 Å². The first-order chi connectivity index (χ1) is 12.0. The van der Waals surface area contributed by atoms with E-state index in [0.29, 0.717) is 12.8 Å². The Morgan fingerprint density at radius 2 is 2.12 bits per heavy atom. The molecule has 2 aliphatic heterocycles. The molecule has 2 saturated heterocycles. The maximum absolute atomic E-state index is 12.7. The summed E-state index contributed by atoms with van der Waals surface area (Å²) in [6.45, 7) is 3.18. The van der Waals surface area contributed by atoms with Gasteiger partial charge >= 0.3 is 0 Å². The quantitative estimate of drug-likeness (QED) is 0.878. The summed E-state index contributed by atoms with van der Waals surface area (Å²) in [5.41, 5.74) is 1.09. The van der Waals surface area contributed by atoms with Crippen LogP contribution in [0.3, 0.4) is 0 Å². The number of rotatable bonds is 4. The smallest absolute Gasteiger partial charge is 0.222 e. The van der Waals surface area contributed by atoms with Crippen LogP contribution in [0.15, 0.2) is 12.4 Å². The lowest BCUT2D eigenvalue weighted by Gasteiger charge is -2.49. The van der Waals surface area contributed by atoms with Crippen molar-refractivity contribution in [2.75, 3.05) is 40.3 Å². The number of amides is 2. The van der Waals surface area contributed by atoms with Crippen molar-refractivity contribution in [2.45, 2.75) is 44.1 Å². The molecule has 3 heterocycles. The van der Waals surface area contributed by atoms with E-state index in [-0.39, 0.29) is 17.4 Å². The van der Waals surface area contributed by atoms with Crippen molar-refractivity contribution in [3.63, 3.8) is 0 Å². The number of carbonyl (C=O) groups is 2. The Morgan fingerprint density at radius 1 is 1.28 bits per heavy atom. The summed E-state index contributed by atoms with van der Waals surface area (Å²) in [4.78, 5) is 30.9. The van der Waals surface area contributed by atoms with Crippen molar-refractivity contribution < 1.29 is 9.59 Å². The second kappa shape index (κ2) is 7.56. The molecule has 3 rings (SSSR count). The highest BCUT2D eigenvalue weighted by molar-refractivity contribution is 5.77.